The molecule has 0 unspecified atom stereocenters. The molecule has 0 spiro atoms. The summed E-state index contributed by atoms with van der Waals surface area (Å²) in [5.41, 5.74) is 3.12. The number of hydrogen-bond acceptors (Lipinski definition) is 1. The number of aromatic nitrogens is 2. The van der Waals surface area contributed by atoms with Gasteiger partial charge in [-0.2, -0.15) is 5.10 Å². The third-order valence-electron chi connectivity index (χ3n) is 1.99. The van der Waals surface area contributed by atoms with E-state index in [1.165, 1.54) is 0 Å². The second kappa shape index (κ2) is 5.56. The molecule has 3 heteroatoms. The Morgan fingerprint density at radius 1 is 1.13 bits per heavy atom. The molecular weight excluding hydrogens is 208 g/mol. The van der Waals surface area contributed by atoms with E-state index in [2.05, 4.69) is 10.2 Å². The van der Waals surface area contributed by atoms with Gasteiger partial charge in [0, 0.05) is 21.8 Å². The van der Waals surface area contributed by atoms with Crippen LogP contribution in [-0.2, 0) is 0 Å². The molecule has 0 atom stereocenters. The Balaban J connectivity index is 0.000000531. The monoisotopic (exact) mass is 222 g/mol. The van der Waals surface area contributed by atoms with Crippen molar-refractivity contribution in [3.8, 4) is 11.1 Å². The molecule has 0 radical (unpaired) electrons. The lowest BCUT2D eigenvalue weighted by atomic mass is 10.1. The molecule has 15 heavy (non-hydrogen) atoms. The molecule has 0 saturated heterocycles. The molecule has 1 N–H and O–H groups in total. The minimum atomic E-state index is 0.756. The molecule has 2 nitrogen and oxygen atoms in total. The Hall–Kier alpha value is -1.28. The first kappa shape index (κ1) is 11.8. The average Bonchev–Trinajstić information content (AvgIpc) is 2.68. The summed E-state index contributed by atoms with van der Waals surface area (Å²) in [7, 11) is 0. The number of halogens is 1. The van der Waals surface area contributed by atoms with Gasteiger partial charge in [0.15, 0.2) is 0 Å². The van der Waals surface area contributed by atoms with Gasteiger partial charge in [0.05, 0.1) is 6.20 Å². The first-order valence-corrected chi connectivity index (χ1v) is 5.41. The molecule has 0 aliphatic rings. The number of nitrogens with one attached hydrogen (secondary N) is 1. The first-order valence-electron chi connectivity index (χ1n) is 5.04. The van der Waals surface area contributed by atoms with Crippen LogP contribution in [0.1, 0.15) is 19.5 Å². The SMILES string of the molecule is CC.Cc1[nH]ncc1-c1ccccc1Cl. The number of hydrogen-bond donors (Lipinski definition) is 1. The Morgan fingerprint density at radius 2 is 1.80 bits per heavy atom. The van der Waals surface area contributed by atoms with Crippen LogP contribution in [0.2, 0.25) is 5.02 Å². The van der Waals surface area contributed by atoms with Crippen LogP contribution >= 0.6 is 11.6 Å². The van der Waals surface area contributed by atoms with Crippen LogP contribution in [-0.4, -0.2) is 10.2 Å². The Kier molecular flexibility index (Phi) is 4.37. The van der Waals surface area contributed by atoms with Crippen LogP contribution < -0.4 is 0 Å². The van der Waals surface area contributed by atoms with Crippen molar-refractivity contribution in [2.75, 3.05) is 0 Å². The highest BCUT2D eigenvalue weighted by atomic mass is 35.5. The fourth-order valence-electron chi connectivity index (χ4n) is 1.30. The first-order chi connectivity index (χ1) is 7.29. The molecular formula is C12H15ClN2. The summed E-state index contributed by atoms with van der Waals surface area (Å²) in [6.45, 7) is 5.98. The van der Waals surface area contributed by atoms with Gasteiger partial charge in [-0.05, 0) is 13.0 Å². The molecule has 1 heterocycles. The maximum absolute atomic E-state index is 6.05. The van der Waals surface area contributed by atoms with Gasteiger partial charge < -0.3 is 0 Å². The van der Waals surface area contributed by atoms with Crippen molar-refractivity contribution >= 4 is 11.6 Å². The van der Waals surface area contributed by atoms with E-state index >= 15 is 0 Å². The molecule has 0 saturated carbocycles. The zero-order chi connectivity index (χ0) is 11.3. The van der Waals surface area contributed by atoms with Crippen LogP contribution in [0.5, 0.6) is 0 Å². The number of rotatable bonds is 1. The minimum absolute atomic E-state index is 0.756. The molecule has 1 aromatic heterocycles. The summed E-state index contributed by atoms with van der Waals surface area (Å²) in [4.78, 5) is 0. The molecule has 0 bridgehead atoms. The fraction of sp³-hybridized carbons (Fsp3) is 0.250. The van der Waals surface area contributed by atoms with E-state index in [1.54, 1.807) is 6.20 Å². The second-order valence-electron chi connectivity index (χ2n) is 2.89. The number of aryl methyl sites for hydroxylation is 1. The van der Waals surface area contributed by atoms with E-state index in [4.69, 9.17) is 11.6 Å². The van der Waals surface area contributed by atoms with Gasteiger partial charge in [0.25, 0.3) is 0 Å². The van der Waals surface area contributed by atoms with Gasteiger partial charge in [-0.15, -0.1) is 0 Å². The Morgan fingerprint density at radius 3 is 2.33 bits per heavy atom. The summed E-state index contributed by atoms with van der Waals surface area (Å²) in [6.07, 6.45) is 1.79. The van der Waals surface area contributed by atoms with Crippen molar-refractivity contribution in [3.05, 3.63) is 41.2 Å². The van der Waals surface area contributed by atoms with E-state index in [1.807, 2.05) is 45.0 Å². The predicted octanol–water partition coefficient (Wildman–Crippen LogP) is 4.06. The van der Waals surface area contributed by atoms with E-state index in [0.717, 1.165) is 21.8 Å². The smallest absolute Gasteiger partial charge is 0.0569 e. The maximum Gasteiger partial charge on any atom is 0.0569 e. The third kappa shape index (κ3) is 2.60. The fourth-order valence-corrected chi connectivity index (χ4v) is 1.54. The summed E-state index contributed by atoms with van der Waals surface area (Å²) < 4.78 is 0. The molecule has 80 valence electrons. The summed E-state index contributed by atoms with van der Waals surface area (Å²) in [5, 5.41) is 7.60. The maximum atomic E-state index is 6.05. The van der Waals surface area contributed by atoms with Crippen molar-refractivity contribution in [2.45, 2.75) is 20.8 Å². The van der Waals surface area contributed by atoms with Crippen LogP contribution in [0.4, 0.5) is 0 Å². The van der Waals surface area contributed by atoms with Crippen LogP contribution in [0.3, 0.4) is 0 Å². The zero-order valence-corrected chi connectivity index (χ0v) is 9.97. The van der Waals surface area contributed by atoms with E-state index < -0.39 is 0 Å². The molecule has 0 fully saturated rings. The van der Waals surface area contributed by atoms with Crippen molar-refractivity contribution in [3.63, 3.8) is 0 Å². The average molecular weight is 223 g/mol. The van der Waals surface area contributed by atoms with E-state index in [0.29, 0.717) is 0 Å². The van der Waals surface area contributed by atoms with E-state index in [-0.39, 0.29) is 0 Å². The van der Waals surface area contributed by atoms with Crippen molar-refractivity contribution in [2.24, 2.45) is 0 Å². The molecule has 0 aliphatic carbocycles. The molecule has 2 aromatic rings. The van der Waals surface area contributed by atoms with Crippen LogP contribution in [0, 0.1) is 6.92 Å². The van der Waals surface area contributed by atoms with Crippen LogP contribution in [0.25, 0.3) is 11.1 Å². The van der Waals surface area contributed by atoms with Gasteiger partial charge in [-0.1, -0.05) is 43.6 Å². The highest BCUT2D eigenvalue weighted by Crippen LogP contribution is 2.28. The predicted molar refractivity (Wildman–Crippen MR) is 65.1 cm³/mol. The lowest BCUT2D eigenvalue weighted by Gasteiger charge is -2.00. The lowest BCUT2D eigenvalue weighted by molar-refractivity contribution is 1.05. The van der Waals surface area contributed by atoms with Crippen LogP contribution in [0.15, 0.2) is 30.5 Å². The lowest BCUT2D eigenvalue weighted by Crippen LogP contribution is -1.79. The van der Waals surface area contributed by atoms with Gasteiger partial charge in [-0.25, -0.2) is 0 Å². The Labute approximate surface area is 95.3 Å². The largest absolute Gasteiger partial charge is 0.282 e. The quantitative estimate of drug-likeness (QED) is 0.775. The van der Waals surface area contributed by atoms with Crippen molar-refractivity contribution in [1.82, 2.24) is 10.2 Å². The van der Waals surface area contributed by atoms with Gasteiger partial charge in [0.1, 0.15) is 0 Å². The van der Waals surface area contributed by atoms with Gasteiger partial charge in [0.2, 0.25) is 0 Å². The minimum Gasteiger partial charge on any atom is -0.282 e. The summed E-state index contributed by atoms with van der Waals surface area (Å²) in [6, 6.07) is 7.75. The number of benzene rings is 1. The third-order valence-corrected chi connectivity index (χ3v) is 2.32. The number of nitrogens with zero attached hydrogens (tertiary/aromatic N) is 1. The summed E-state index contributed by atoms with van der Waals surface area (Å²) in [5.74, 6) is 0. The van der Waals surface area contributed by atoms with Gasteiger partial charge >= 0.3 is 0 Å². The topological polar surface area (TPSA) is 28.7 Å². The molecule has 0 amide bonds. The molecule has 0 aliphatic heterocycles. The molecule has 2 rings (SSSR count). The van der Waals surface area contributed by atoms with Crippen molar-refractivity contribution in [1.29, 1.82) is 0 Å². The zero-order valence-electron chi connectivity index (χ0n) is 9.21. The highest BCUT2D eigenvalue weighted by Gasteiger charge is 2.06. The summed E-state index contributed by atoms with van der Waals surface area (Å²) >= 11 is 6.05. The standard InChI is InChI=1S/C10H9ClN2.C2H6/c1-7-9(6-12-13-7)8-4-2-3-5-10(8)11;1-2/h2-6H,1H3,(H,12,13);1-2H3. The van der Waals surface area contributed by atoms with Gasteiger partial charge in [-0.3, -0.25) is 5.10 Å². The highest BCUT2D eigenvalue weighted by molar-refractivity contribution is 6.33. The molecule has 1 aromatic carbocycles. The normalized spacial score (nSPS) is 9.33. The van der Waals surface area contributed by atoms with Crippen molar-refractivity contribution < 1.29 is 0 Å². The Bertz CT molecular complexity index is 421. The number of H-pyrrole nitrogens is 1. The van der Waals surface area contributed by atoms with E-state index in [9.17, 15) is 0 Å². The second-order valence-corrected chi connectivity index (χ2v) is 3.30. The number of aromatic amines is 1.